The highest BCUT2D eigenvalue weighted by Gasteiger charge is 2.30. The number of nitrogens with one attached hydrogen (secondary N) is 1. The van der Waals surface area contributed by atoms with E-state index in [0.29, 0.717) is 16.9 Å². The molecule has 0 fully saturated rings. The van der Waals surface area contributed by atoms with Gasteiger partial charge in [-0.1, -0.05) is 18.2 Å². The molecule has 2 aromatic rings. The van der Waals surface area contributed by atoms with Gasteiger partial charge in [-0.15, -0.1) is 0 Å². The van der Waals surface area contributed by atoms with Crippen LogP contribution in [0.3, 0.4) is 0 Å². The maximum atomic E-state index is 12.5. The summed E-state index contributed by atoms with van der Waals surface area (Å²) in [5, 5.41) is 2.75. The minimum absolute atomic E-state index is 0.323. The molecule has 0 saturated heterocycles. The average molecular weight is 323 g/mol. The lowest BCUT2D eigenvalue weighted by molar-refractivity contribution is -0.137. The summed E-state index contributed by atoms with van der Waals surface area (Å²) in [4.78, 5) is 12.2. The molecule has 1 N–H and O–H groups in total. The molecule has 23 heavy (non-hydrogen) atoms. The molecule has 0 saturated carbocycles. The fraction of sp³-hybridized carbons (Fsp3) is 0.235. The van der Waals surface area contributed by atoms with Crippen LogP contribution < -0.4 is 10.1 Å². The van der Waals surface area contributed by atoms with Crippen molar-refractivity contribution in [1.82, 2.24) is 5.32 Å². The monoisotopic (exact) mass is 323 g/mol. The number of carbonyl (C=O) groups is 1. The van der Waals surface area contributed by atoms with Crippen LogP contribution in [0.4, 0.5) is 13.2 Å². The minimum atomic E-state index is -4.37. The van der Waals surface area contributed by atoms with Crippen LogP contribution in [0, 0.1) is 0 Å². The van der Waals surface area contributed by atoms with Crippen molar-refractivity contribution in [2.75, 3.05) is 7.11 Å². The predicted molar refractivity (Wildman–Crippen MR) is 80.3 cm³/mol. The summed E-state index contributed by atoms with van der Waals surface area (Å²) in [5.41, 5.74) is 0.296. The van der Waals surface area contributed by atoms with E-state index >= 15 is 0 Å². The molecule has 6 heteroatoms. The molecule has 2 aromatic carbocycles. The first-order valence-corrected chi connectivity index (χ1v) is 6.93. The number of rotatable bonds is 4. The van der Waals surface area contributed by atoms with Crippen molar-refractivity contribution in [3.05, 3.63) is 65.2 Å². The molecule has 3 nitrogen and oxygen atoms in total. The molecule has 1 amide bonds. The smallest absolute Gasteiger partial charge is 0.416 e. The molecule has 122 valence electrons. The Morgan fingerprint density at radius 1 is 1.13 bits per heavy atom. The van der Waals surface area contributed by atoms with Gasteiger partial charge >= 0.3 is 6.18 Å². The standard InChI is InChI=1S/C17H16F3NO2/c1-11(12-6-8-14(9-7-12)17(18,19)20)21-16(22)13-4-3-5-15(10-13)23-2/h3-11H,1-2H3,(H,21,22)/t11-/m1/s1. The molecular formula is C17H16F3NO2. The predicted octanol–water partition coefficient (Wildman–Crippen LogP) is 4.21. The number of amides is 1. The molecule has 0 aromatic heterocycles. The van der Waals surface area contributed by atoms with E-state index < -0.39 is 17.8 Å². The molecule has 0 aliphatic carbocycles. The molecule has 2 rings (SSSR count). The first kappa shape index (κ1) is 16.9. The Morgan fingerprint density at radius 3 is 2.35 bits per heavy atom. The second-order valence-corrected chi connectivity index (χ2v) is 5.05. The highest BCUT2D eigenvalue weighted by Crippen LogP contribution is 2.29. The third-order valence-corrected chi connectivity index (χ3v) is 3.42. The highest BCUT2D eigenvalue weighted by atomic mass is 19.4. The summed E-state index contributed by atoms with van der Waals surface area (Å²) in [6.45, 7) is 1.71. The topological polar surface area (TPSA) is 38.3 Å². The molecule has 0 bridgehead atoms. The first-order valence-electron chi connectivity index (χ1n) is 6.93. The van der Waals surface area contributed by atoms with E-state index in [-0.39, 0.29) is 5.91 Å². The quantitative estimate of drug-likeness (QED) is 0.915. The van der Waals surface area contributed by atoms with Crippen LogP contribution in [-0.4, -0.2) is 13.0 Å². The van der Waals surface area contributed by atoms with Gasteiger partial charge < -0.3 is 10.1 Å². The van der Waals surface area contributed by atoms with Gasteiger partial charge in [0, 0.05) is 5.56 Å². The molecule has 0 aliphatic rings. The first-order chi connectivity index (χ1) is 10.8. The fourth-order valence-electron chi connectivity index (χ4n) is 2.09. The van der Waals surface area contributed by atoms with Crippen LogP contribution in [0.15, 0.2) is 48.5 Å². The van der Waals surface area contributed by atoms with E-state index in [1.54, 1.807) is 31.2 Å². The number of carbonyl (C=O) groups excluding carboxylic acids is 1. The summed E-state index contributed by atoms with van der Waals surface area (Å²) < 4.78 is 42.7. The van der Waals surface area contributed by atoms with Crippen LogP contribution in [0.1, 0.15) is 34.5 Å². The third-order valence-electron chi connectivity index (χ3n) is 3.42. The van der Waals surface area contributed by atoms with Gasteiger partial charge in [0.15, 0.2) is 0 Å². The van der Waals surface area contributed by atoms with Crippen molar-refractivity contribution in [1.29, 1.82) is 0 Å². The van der Waals surface area contributed by atoms with Crippen LogP contribution in [-0.2, 0) is 6.18 Å². The number of ether oxygens (including phenoxy) is 1. The molecule has 0 heterocycles. The van der Waals surface area contributed by atoms with Crippen molar-refractivity contribution in [2.45, 2.75) is 19.1 Å². The summed E-state index contributed by atoms with van der Waals surface area (Å²) >= 11 is 0. The lowest BCUT2D eigenvalue weighted by atomic mass is 10.1. The van der Waals surface area contributed by atoms with Crippen LogP contribution >= 0.6 is 0 Å². The van der Waals surface area contributed by atoms with E-state index in [4.69, 9.17) is 4.74 Å². The Hall–Kier alpha value is -2.50. The van der Waals surface area contributed by atoms with E-state index in [2.05, 4.69) is 5.32 Å². The Kier molecular flexibility index (Phi) is 4.93. The van der Waals surface area contributed by atoms with E-state index in [1.807, 2.05) is 0 Å². The number of alkyl halides is 3. The van der Waals surface area contributed by atoms with Crippen LogP contribution in [0.25, 0.3) is 0 Å². The van der Waals surface area contributed by atoms with E-state index in [9.17, 15) is 18.0 Å². The van der Waals surface area contributed by atoms with Crippen molar-refractivity contribution >= 4 is 5.91 Å². The number of benzene rings is 2. The third kappa shape index (κ3) is 4.25. The van der Waals surface area contributed by atoms with Crippen molar-refractivity contribution in [3.63, 3.8) is 0 Å². The van der Waals surface area contributed by atoms with E-state index in [0.717, 1.165) is 12.1 Å². The maximum absolute atomic E-state index is 12.5. The van der Waals surface area contributed by atoms with Crippen molar-refractivity contribution < 1.29 is 22.7 Å². The number of hydrogen-bond donors (Lipinski definition) is 1. The zero-order valence-electron chi connectivity index (χ0n) is 12.6. The Labute approximate surface area is 132 Å². The molecule has 0 aliphatic heterocycles. The SMILES string of the molecule is COc1cccc(C(=O)N[C@H](C)c2ccc(C(F)(F)F)cc2)c1. The van der Waals surface area contributed by atoms with Gasteiger partial charge in [-0.25, -0.2) is 0 Å². The minimum Gasteiger partial charge on any atom is -0.497 e. The van der Waals surface area contributed by atoms with Crippen LogP contribution in [0.5, 0.6) is 5.75 Å². The lowest BCUT2D eigenvalue weighted by Crippen LogP contribution is -2.26. The second-order valence-electron chi connectivity index (χ2n) is 5.05. The van der Waals surface area contributed by atoms with Gasteiger partial charge in [0.2, 0.25) is 0 Å². The van der Waals surface area contributed by atoms with Gasteiger partial charge in [0.25, 0.3) is 5.91 Å². The zero-order chi connectivity index (χ0) is 17.0. The normalized spacial score (nSPS) is 12.6. The van der Waals surface area contributed by atoms with Gasteiger partial charge in [0.05, 0.1) is 18.7 Å². The molecule has 0 spiro atoms. The Bertz CT molecular complexity index is 681. The Balaban J connectivity index is 2.09. The molecule has 0 radical (unpaired) electrons. The highest BCUT2D eigenvalue weighted by molar-refractivity contribution is 5.94. The average Bonchev–Trinajstić information content (AvgIpc) is 2.54. The summed E-state index contributed by atoms with van der Waals surface area (Å²) in [6.07, 6.45) is -4.37. The zero-order valence-corrected chi connectivity index (χ0v) is 12.6. The lowest BCUT2D eigenvalue weighted by Gasteiger charge is -2.16. The number of halogens is 3. The summed E-state index contributed by atoms with van der Waals surface area (Å²) in [5.74, 6) is 0.233. The van der Waals surface area contributed by atoms with Crippen LogP contribution in [0.2, 0.25) is 0 Å². The number of hydrogen-bond acceptors (Lipinski definition) is 2. The molecule has 1 atom stereocenters. The van der Waals surface area contributed by atoms with E-state index in [1.165, 1.54) is 19.2 Å². The number of methoxy groups -OCH3 is 1. The molecular weight excluding hydrogens is 307 g/mol. The van der Waals surface area contributed by atoms with Gasteiger partial charge in [-0.05, 0) is 42.8 Å². The fourth-order valence-corrected chi connectivity index (χ4v) is 2.09. The Morgan fingerprint density at radius 2 is 1.78 bits per heavy atom. The van der Waals surface area contributed by atoms with Gasteiger partial charge in [-0.3, -0.25) is 4.79 Å². The van der Waals surface area contributed by atoms with Gasteiger partial charge in [-0.2, -0.15) is 13.2 Å². The maximum Gasteiger partial charge on any atom is 0.416 e. The molecule has 0 unspecified atom stereocenters. The largest absolute Gasteiger partial charge is 0.497 e. The second kappa shape index (κ2) is 6.73. The summed E-state index contributed by atoms with van der Waals surface area (Å²) in [7, 11) is 1.50. The van der Waals surface area contributed by atoms with Crippen molar-refractivity contribution in [2.24, 2.45) is 0 Å². The van der Waals surface area contributed by atoms with Gasteiger partial charge in [0.1, 0.15) is 5.75 Å². The van der Waals surface area contributed by atoms with Crippen molar-refractivity contribution in [3.8, 4) is 5.75 Å². The summed E-state index contributed by atoms with van der Waals surface area (Å²) in [6, 6.07) is 10.9.